The maximum Gasteiger partial charge on any atom is 0.349 e. The van der Waals surface area contributed by atoms with Gasteiger partial charge in [0, 0.05) is 55.2 Å². The van der Waals surface area contributed by atoms with Gasteiger partial charge in [0.1, 0.15) is 23.5 Å². The summed E-state index contributed by atoms with van der Waals surface area (Å²) in [6.45, 7) is 0.225. The van der Waals surface area contributed by atoms with Crippen LogP contribution in [0.15, 0.2) is 76.2 Å². The highest BCUT2D eigenvalue weighted by Gasteiger charge is 2.45. The van der Waals surface area contributed by atoms with E-state index in [9.17, 15) is 38.5 Å². The molecular formula is C38H40F2N4O7S2. The molecule has 5 aromatic rings. The molecule has 6 N–H and O–H groups in total. The van der Waals surface area contributed by atoms with Crippen molar-refractivity contribution in [3.8, 4) is 5.75 Å². The number of hydrogen-bond acceptors (Lipinski definition) is 11. The Morgan fingerprint density at radius 1 is 1.02 bits per heavy atom. The zero-order valence-electron chi connectivity index (χ0n) is 28.8. The molecule has 280 valence electrons. The predicted molar refractivity (Wildman–Crippen MR) is 199 cm³/mol. The van der Waals surface area contributed by atoms with Gasteiger partial charge in [0.15, 0.2) is 0 Å². The summed E-state index contributed by atoms with van der Waals surface area (Å²) < 4.78 is 35.8. The molecule has 0 aliphatic heterocycles. The maximum absolute atomic E-state index is 15.0. The molecule has 1 aliphatic carbocycles. The molecule has 0 saturated heterocycles. The topological polar surface area (TPSA) is 164 Å². The Morgan fingerprint density at radius 3 is 2.38 bits per heavy atom. The number of fused-ring (bicyclic) bond motifs is 1. The number of benzene rings is 2. The number of amides is 1. The van der Waals surface area contributed by atoms with E-state index in [0.717, 1.165) is 12.1 Å². The molecule has 0 unspecified atom stereocenters. The number of carbonyl (C=O) groups is 2. The summed E-state index contributed by atoms with van der Waals surface area (Å²) in [4.78, 5) is 43.3. The number of nitrogens with one attached hydrogen (secondary N) is 3. The number of anilines is 1. The molecule has 1 fully saturated rings. The van der Waals surface area contributed by atoms with Crippen LogP contribution in [-0.4, -0.2) is 69.4 Å². The monoisotopic (exact) mass is 766 g/mol. The number of pyridine rings is 1. The van der Waals surface area contributed by atoms with Crippen LogP contribution in [0.4, 0.5) is 14.5 Å². The number of thiophene rings is 2. The number of aromatic nitrogens is 1. The largest absolute Gasteiger partial charge is 0.506 e. The van der Waals surface area contributed by atoms with Crippen LogP contribution in [-0.2, 0) is 26.5 Å². The average Bonchev–Trinajstić information content (AvgIpc) is 3.89. The normalized spacial score (nSPS) is 16.9. The molecule has 1 atom stereocenters. The number of nitrogens with zero attached hydrogens (tertiary/aromatic N) is 1. The number of esters is 1. The molecule has 6 rings (SSSR count). The summed E-state index contributed by atoms with van der Waals surface area (Å²) in [6.07, 6.45) is 1.23. The summed E-state index contributed by atoms with van der Waals surface area (Å²) >= 11 is 2.58. The molecule has 2 aromatic carbocycles. The van der Waals surface area contributed by atoms with Crippen LogP contribution >= 0.6 is 22.7 Å². The van der Waals surface area contributed by atoms with Crippen LogP contribution in [0.1, 0.15) is 59.1 Å². The number of phenolic OH excluding ortho intramolecular Hbond substituents is 1. The van der Waals surface area contributed by atoms with Crippen molar-refractivity contribution in [2.45, 2.75) is 62.5 Å². The highest BCUT2D eigenvalue weighted by Crippen LogP contribution is 2.38. The molecule has 1 saturated carbocycles. The Labute approximate surface area is 311 Å². The summed E-state index contributed by atoms with van der Waals surface area (Å²) in [7, 11) is 1.89. The molecule has 3 aromatic heterocycles. The van der Waals surface area contributed by atoms with Gasteiger partial charge in [0.2, 0.25) is 17.1 Å². The van der Waals surface area contributed by atoms with Gasteiger partial charge in [-0.15, -0.1) is 22.7 Å². The van der Waals surface area contributed by atoms with E-state index < -0.39 is 40.8 Å². The van der Waals surface area contributed by atoms with E-state index in [1.165, 1.54) is 46.9 Å². The third kappa shape index (κ3) is 8.67. The van der Waals surface area contributed by atoms with E-state index >= 15 is 0 Å². The molecule has 0 bridgehead atoms. The molecule has 3 heterocycles. The van der Waals surface area contributed by atoms with Crippen molar-refractivity contribution in [2.24, 2.45) is 0 Å². The minimum Gasteiger partial charge on any atom is -0.506 e. The first-order chi connectivity index (χ1) is 25.4. The molecule has 1 amide bonds. The van der Waals surface area contributed by atoms with E-state index in [1.54, 1.807) is 35.0 Å². The van der Waals surface area contributed by atoms with Crippen molar-refractivity contribution >= 4 is 51.1 Å². The third-order valence-electron chi connectivity index (χ3n) is 9.61. The van der Waals surface area contributed by atoms with Crippen molar-refractivity contribution in [3.05, 3.63) is 114 Å². The van der Waals surface area contributed by atoms with Gasteiger partial charge in [-0.2, -0.15) is 0 Å². The Morgan fingerprint density at radius 2 is 1.72 bits per heavy atom. The molecule has 1 aliphatic rings. The van der Waals surface area contributed by atoms with Gasteiger partial charge in [-0.3, -0.25) is 9.59 Å². The molecule has 0 spiro atoms. The number of aromatic hydroxyl groups is 1. The van der Waals surface area contributed by atoms with Gasteiger partial charge in [-0.25, -0.2) is 13.6 Å². The van der Waals surface area contributed by atoms with Crippen molar-refractivity contribution in [2.75, 3.05) is 25.5 Å². The minimum absolute atomic E-state index is 0.00340. The Balaban J connectivity index is 0.948. The van der Waals surface area contributed by atoms with Gasteiger partial charge in [0.05, 0.1) is 27.1 Å². The van der Waals surface area contributed by atoms with Crippen molar-refractivity contribution < 1.29 is 38.4 Å². The van der Waals surface area contributed by atoms with E-state index in [1.807, 2.05) is 11.9 Å². The van der Waals surface area contributed by atoms with E-state index in [4.69, 9.17) is 4.74 Å². The lowest BCUT2D eigenvalue weighted by Crippen LogP contribution is -2.42. The highest BCUT2D eigenvalue weighted by atomic mass is 32.1. The zero-order chi connectivity index (χ0) is 37.7. The number of aliphatic hydroxyl groups excluding tert-OH is 1. The highest BCUT2D eigenvalue weighted by molar-refractivity contribution is 7.12. The third-order valence-corrected chi connectivity index (χ3v) is 11.6. The van der Waals surface area contributed by atoms with E-state index in [0.29, 0.717) is 52.9 Å². The van der Waals surface area contributed by atoms with Gasteiger partial charge < -0.3 is 40.6 Å². The second-order valence-electron chi connectivity index (χ2n) is 13.1. The van der Waals surface area contributed by atoms with Gasteiger partial charge in [-0.05, 0) is 79.4 Å². The summed E-state index contributed by atoms with van der Waals surface area (Å²) in [5.74, 6) is -2.86. The Hall–Kier alpha value is -4.51. The Kier molecular flexibility index (Phi) is 12.0. The van der Waals surface area contributed by atoms with Crippen molar-refractivity contribution in [1.82, 2.24) is 15.2 Å². The average molecular weight is 767 g/mol. The van der Waals surface area contributed by atoms with Crippen LogP contribution < -0.4 is 16.2 Å². The molecule has 53 heavy (non-hydrogen) atoms. The number of phenols is 1. The van der Waals surface area contributed by atoms with Crippen LogP contribution in [0.2, 0.25) is 0 Å². The number of hydrogen-bond donors (Lipinski definition) is 6. The summed E-state index contributed by atoms with van der Waals surface area (Å²) in [5.41, 5.74) is -1.94. The van der Waals surface area contributed by atoms with E-state index in [2.05, 4.69) is 15.6 Å². The standard InChI is InChI=1S/C38H40F2N4O7S2/c1-44(23-6-8-24(9-7-23)51-37(49)38(50,32-4-2-16-52-32)33-5-3-17-53-33)15-14-35(48)42-29-19-27(39)22(18-28(29)40)20-41-21-31(46)25-10-12-30(45)36-26(25)11-13-34(47)43-36/h2-5,10-13,16-19,23-24,31,41,45-46,50H,6-9,14-15,20-21H2,1H3,(H,42,48)(H,43,47)/t23?,24?,31-/m0/s1. The number of rotatable bonds is 14. The number of ether oxygens (including phenoxy) is 1. The maximum atomic E-state index is 15.0. The van der Waals surface area contributed by atoms with Crippen LogP contribution in [0.25, 0.3) is 10.9 Å². The molecule has 15 heteroatoms. The first-order valence-corrected chi connectivity index (χ1v) is 18.9. The van der Waals surface area contributed by atoms with Gasteiger partial charge in [-0.1, -0.05) is 18.2 Å². The lowest BCUT2D eigenvalue weighted by atomic mass is 9.91. The van der Waals surface area contributed by atoms with Crippen molar-refractivity contribution in [1.29, 1.82) is 0 Å². The SMILES string of the molecule is CN(CCC(=O)Nc1cc(F)c(CNC[C@H](O)c2ccc(O)c3[nH]c(=O)ccc23)cc1F)C1CCC(OC(=O)C(O)(c2cccs2)c2cccs2)CC1. The first-order valence-electron chi connectivity index (χ1n) is 17.2. The van der Waals surface area contributed by atoms with Crippen LogP contribution in [0.3, 0.4) is 0 Å². The lowest BCUT2D eigenvalue weighted by molar-refractivity contribution is -0.169. The fraction of sp³-hybridized carbons (Fsp3) is 0.342. The number of carbonyl (C=O) groups excluding carboxylic acids is 2. The second-order valence-corrected chi connectivity index (χ2v) is 15.0. The number of halogens is 2. The predicted octanol–water partition coefficient (Wildman–Crippen LogP) is 5.51. The number of aliphatic hydroxyl groups is 2. The fourth-order valence-electron chi connectivity index (χ4n) is 6.63. The summed E-state index contributed by atoms with van der Waals surface area (Å²) in [5, 5.41) is 41.7. The minimum atomic E-state index is -1.86. The Bertz CT molecular complexity index is 2070. The number of aromatic amines is 1. The van der Waals surface area contributed by atoms with Gasteiger partial charge >= 0.3 is 5.97 Å². The lowest BCUT2D eigenvalue weighted by Gasteiger charge is -2.35. The molecule has 11 nitrogen and oxygen atoms in total. The quantitative estimate of drug-likeness (QED) is 0.0801. The molecule has 0 radical (unpaired) electrons. The van der Waals surface area contributed by atoms with Gasteiger partial charge in [0.25, 0.3) is 0 Å². The summed E-state index contributed by atoms with van der Waals surface area (Å²) in [6, 6.07) is 14.7. The van der Waals surface area contributed by atoms with Crippen LogP contribution in [0, 0.1) is 11.6 Å². The number of H-pyrrole nitrogens is 1. The van der Waals surface area contributed by atoms with Crippen LogP contribution in [0.5, 0.6) is 5.75 Å². The smallest absolute Gasteiger partial charge is 0.349 e. The van der Waals surface area contributed by atoms with E-state index in [-0.39, 0.29) is 54.2 Å². The molecular weight excluding hydrogens is 727 g/mol. The second kappa shape index (κ2) is 16.7. The zero-order valence-corrected chi connectivity index (χ0v) is 30.4. The van der Waals surface area contributed by atoms with Crippen molar-refractivity contribution in [3.63, 3.8) is 0 Å². The first kappa shape index (κ1) is 38.2. The fourth-order valence-corrected chi connectivity index (χ4v) is 8.34.